The Balaban J connectivity index is 2.12. The molecule has 0 fully saturated rings. The molecule has 0 saturated heterocycles. The van der Waals surface area contributed by atoms with Crippen molar-refractivity contribution < 1.29 is 24.5 Å². The van der Waals surface area contributed by atoms with Crippen LogP contribution >= 0.6 is 0 Å². The van der Waals surface area contributed by atoms with Crippen molar-refractivity contribution >= 4 is 11.6 Å². The van der Waals surface area contributed by atoms with E-state index >= 15 is 0 Å². The Morgan fingerprint density at radius 3 is 1.15 bits per heavy atom. The van der Waals surface area contributed by atoms with E-state index in [0.717, 1.165) is 0 Å². The molecule has 5 nitrogen and oxygen atoms in total. The van der Waals surface area contributed by atoms with Gasteiger partial charge in [0.2, 0.25) is 0 Å². The molecule has 33 heavy (non-hydrogen) atoms. The highest BCUT2D eigenvalue weighted by molar-refractivity contribution is 5.87. The zero-order valence-corrected chi connectivity index (χ0v) is 21.0. The monoisotopic (exact) mass is 454 g/mol. The number of rotatable bonds is 10. The van der Waals surface area contributed by atoms with Crippen molar-refractivity contribution in [3.63, 3.8) is 0 Å². The fourth-order valence-electron chi connectivity index (χ4n) is 4.16. The van der Waals surface area contributed by atoms with Gasteiger partial charge < -0.3 is 14.9 Å². The maximum Gasteiger partial charge on any atom is 0.143 e. The molecule has 0 aromatic heterocycles. The minimum absolute atomic E-state index is 0.0101. The van der Waals surface area contributed by atoms with Crippen LogP contribution in [0.2, 0.25) is 0 Å². The lowest BCUT2D eigenvalue weighted by Crippen LogP contribution is -2.34. The quantitative estimate of drug-likeness (QED) is 0.457. The van der Waals surface area contributed by atoms with Gasteiger partial charge in [0.25, 0.3) is 0 Å². The molecule has 0 aliphatic heterocycles. The smallest absolute Gasteiger partial charge is 0.143 e. The molecule has 2 N–H and O–H groups in total. The molecule has 0 radical (unpaired) electrons. The molecule has 5 heteroatoms. The summed E-state index contributed by atoms with van der Waals surface area (Å²) in [7, 11) is 0. The number of ether oxygens (including phenoxy) is 1. The van der Waals surface area contributed by atoms with Gasteiger partial charge in [0.1, 0.15) is 23.1 Å². The summed E-state index contributed by atoms with van der Waals surface area (Å²) >= 11 is 0. The van der Waals surface area contributed by atoms with E-state index in [4.69, 9.17) is 4.74 Å². The Bertz CT molecular complexity index is 873. The second-order valence-electron chi connectivity index (χ2n) is 10.5. The Labute approximate surface area is 197 Å². The number of hydrogen-bond donors (Lipinski definition) is 2. The van der Waals surface area contributed by atoms with E-state index < -0.39 is 23.0 Å². The van der Waals surface area contributed by atoms with Crippen molar-refractivity contribution in [1.82, 2.24) is 0 Å². The zero-order chi connectivity index (χ0) is 25.1. The third kappa shape index (κ3) is 5.90. The van der Waals surface area contributed by atoms with Crippen molar-refractivity contribution in [1.29, 1.82) is 0 Å². The molecule has 0 bridgehead atoms. The summed E-state index contributed by atoms with van der Waals surface area (Å²) in [6.45, 7) is 14.4. The molecule has 2 unspecified atom stereocenters. The molecule has 2 atom stereocenters. The number of hydrogen-bond acceptors (Lipinski definition) is 5. The summed E-state index contributed by atoms with van der Waals surface area (Å²) in [5.74, 6) is 0.873. The Morgan fingerprint density at radius 2 is 0.909 bits per heavy atom. The predicted molar refractivity (Wildman–Crippen MR) is 130 cm³/mol. The molecular weight excluding hydrogens is 416 g/mol. The van der Waals surface area contributed by atoms with E-state index in [9.17, 15) is 19.8 Å². The van der Waals surface area contributed by atoms with E-state index in [2.05, 4.69) is 0 Å². The summed E-state index contributed by atoms with van der Waals surface area (Å²) in [4.78, 5) is 24.9. The molecule has 0 heterocycles. The van der Waals surface area contributed by atoms with Crippen molar-refractivity contribution in [3.8, 4) is 11.5 Å². The van der Waals surface area contributed by atoms with Crippen LogP contribution < -0.4 is 4.74 Å². The molecule has 0 aliphatic rings. The van der Waals surface area contributed by atoms with E-state index in [1.165, 1.54) is 0 Å². The molecule has 2 aromatic rings. The summed E-state index contributed by atoms with van der Waals surface area (Å²) < 4.78 is 5.89. The lowest BCUT2D eigenvalue weighted by molar-refractivity contribution is -0.137. The van der Waals surface area contributed by atoms with E-state index in [0.29, 0.717) is 22.6 Å². The van der Waals surface area contributed by atoms with Gasteiger partial charge in [0.15, 0.2) is 0 Å². The highest BCUT2D eigenvalue weighted by Gasteiger charge is 2.38. The lowest BCUT2D eigenvalue weighted by Gasteiger charge is -2.31. The second kappa shape index (κ2) is 10.2. The first-order valence-corrected chi connectivity index (χ1v) is 11.5. The van der Waals surface area contributed by atoms with Gasteiger partial charge in [0, 0.05) is 11.8 Å². The van der Waals surface area contributed by atoms with Crippen LogP contribution in [0.1, 0.15) is 78.7 Å². The van der Waals surface area contributed by atoms with E-state index in [-0.39, 0.29) is 23.4 Å². The van der Waals surface area contributed by atoms with Gasteiger partial charge in [-0.3, -0.25) is 9.59 Å². The number of aliphatic hydroxyl groups is 2. The lowest BCUT2D eigenvalue weighted by atomic mass is 9.75. The maximum atomic E-state index is 12.5. The first-order valence-electron chi connectivity index (χ1n) is 11.5. The van der Waals surface area contributed by atoms with Gasteiger partial charge in [-0.15, -0.1) is 0 Å². The topological polar surface area (TPSA) is 83.8 Å². The van der Waals surface area contributed by atoms with Crippen molar-refractivity contribution in [2.45, 2.75) is 67.6 Å². The van der Waals surface area contributed by atoms with Crippen LogP contribution in [0.3, 0.4) is 0 Å². The minimum atomic E-state index is -0.917. The van der Waals surface area contributed by atoms with Crippen molar-refractivity contribution in [3.05, 3.63) is 59.7 Å². The maximum absolute atomic E-state index is 12.5. The van der Waals surface area contributed by atoms with Gasteiger partial charge in [0.05, 0.1) is 23.0 Å². The summed E-state index contributed by atoms with van der Waals surface area (Å²) in [6.07, 6.45) is -1.83. The van der Waals surface area contributed by atoms with E-state index in [1.807, 2.05) is 27.7 Å². The standard InChI is InChI=1S/C28H38O5/c1-17(2)23(29)27(5,6)25(31)19-9-13-21(14-10-19)33-22-15-11-20(12-16-22)26(32)28(7,8)24(30)18(3)4/h9-18,25-26,31-32H,1-8H3. The molecule has 0 aliphatic carbocycles. The van der Waals surface area contributed by atoms with Crippen LogP contribution in [0, 0.1) is 22.7 Å². The molecule has 180 valence electrons. The van der Waals surface area contributed by atoms with Crippen LogP contribution in [0.4, 0.5) is 0 Å². The summed E-state index contributed by atoms with van der Waals surface area (Å²) in [5, 5.41) is 21.5. The van der Waals surface area contributed by atoms with Crippen LogP contribution in [-0.4, -0.2) is 21.8 Å². The van der Waals surface area contributed by atoms with Gasteiger partial charge in [-0.05, 0) is 35.4 Å². The third-order valence-electron chi connectivity index (χ3n) is 6.31. The Morgan fingerprint density at radius 1 is 0.636 bits per heavy atom. The number of aliphatic hydroxyl groups excluding tert-OH is 2. The summed E-state index contributed by atoms with van der Waals surface area (Å²) in [5.41, 5.74) is -0.482. The first kappa shape index (κ1) is 26.7. The largest absolute Gasteiger partial charge is 0.457 e. The average Bonchev–Trinajstić information content (AvgIpc) is 2.77. The highest BCUT2D eigenvalue weighted by atomic mass is 16.5. The third-order valence-corrected chi connectivity index (χ3v) is 6.31. The molecule has 0 saturated carbocycles. The second-order valence-corrected chi connectivity index (χ2v) is 10.5. The van der Waals surface area contributed by atoms with Crippen LogP contribution in [0.15, 0.2) is 48.5 Å². The van der Waals surface area contributed by atoms with Gasteiger partial charge in [-0.25, -0.2) is 0 Å². The normalized spacial score (nSPS) is 14.3. The Hall–Kier alpha value is -2.50. The molecule has 2 rings (SSSR count). The molecular formula is C28H38O5. The number of ketones is 2. The van der Waals surface area contributed by atoms with Crippen LogP contribution in [0.5, 0.6) is 11.5 Å². The van der Waals surface area contributed by atoms with Gasteiger partial charge in [-0.1, -0.05) is 79.7 Å². The van der Waals surface area contributed by atoms with E-state index in [1.54, 1.807) is 76.2 Å². The van der Waals surface area contributed by atoms with Gasteiger partial charge in [-0.2, -0.15) is 0 Å². The van der Waals surface area contributed by atoms with Crippen LogP contribution in [0.25, 0.3) is 0 Å². The van der Waals surface area contributed by atoms with Crippen LogP contribution in [-0.2, 0) is 9.59 Å². The first-order chi connectivity index (χ1) is 15.2. The summed E-state index contributed by atoms with van der Waals surface area (Å²) in [6, 6.07) is 14.0. The SMILES string of the molecule is CC(C)C(=O)C(C)(C)C(O)c1ccc(Oc2ccc(C(O)C(C)(C)C(=O)C(C)C)cc2)cc1. The number of carbonyl (C=O) groups excluding carboxylic acids is 2. The number of Topliss-reactive ketones (excluding diaryl/α,β-unsaturated/α-hetero) is 2. The molecule has 2 aromatic carbocycles. The fraction of sp³-hybridized carbons (Fsp3) is 0.500. The fourth-order valence-corrected chi connectivity index (χ4v) is 4.16. The highest BCUT2D eigenvalue weighted by Crippen LogP contribution is 2.38. The molecule has 0 amide bonds. The Kier molecular flexibility index (Phi) is 8.26. The van der Waals surface area contributed by atoms with Gasteiger partial charge >= 0.3 is 0 Å². The minimum Gasteiger partial charge on any atom is -0.457 e. The van der Waals surface area contributed by atoms with Crippen molar-refractivity contribution in [2.24, 2.45) is 22.7 Å². The number of benzene rings is 2. The average molecular weight is 455 g/mol. The number of carbonyl (C=O) groups is 2. The molecule has 0 spiro atoms. The van der Waals surface area contributed by atoms with Crippen molar-refractivity contribution in [2.75, 3.05) is 0 Å². The predicted octanol–water partition coefficient (Wildman–Crippen LogP) is 6.05. The zero-order valence-electron chi connectivity index (χ0n) is 21.0.